The minimum atomic E-state index is -0.426. The monoisotopic (exact) mass is 238 g/mol. The van der Waals surface area contributed by atoms with E-state index in [9.17, 15) is 9.18 Å². The molecule has 1 amide bonds. The van der Waals surface area contributed by atoms with Gasteiger partial charge >= 0.3 is 0 Å². The van der Waals surface area contributed by atoms with E-state index in [1.54, 1.807) is 0 Å². The quantitative estimate of drug-likeness (QED) is 0.772. The summed E-state index contributed by atoms with van der Waals surface area (Å²) in [4.78, 5) is 11.9. The zero-order chi connectivity index (χ0) is 12.4. The van der Waals surface area contributed by atoms with Crippen LogP contribution in [0.3, 0.4) is 0 Å². The molecule has 1 aromatic rings. The summed E-state index contributed by atoms with van der Waals surface area (Å²) in [5.74, 6) is -0.796. The molecule has 1 saturated heterocycles. The lowest BCUT2D eigenvalue weighted by molar-refractivity contribution is -0.121. The molecule has 0 spiro atoms. The van der Waals surface area contributed by atoms with E-state index in [1.807, 2.05) is 6.92 Å². The Labute approximate surface area is 98.9 Å². The summed E-state index contributed by atoms with van der Waals surface area (Å²) < 4.78 is 18.3. The zero-order valence-corrected chi connectivity index (χ0v) is 9.57. The largest absolute Gasteiger partial charge is 0.397 e. The predicted molar refractivity (Wildman–Crippen MR) is 63.0 cm³/mol. The standard InChI is InChI=1S/C12H15FN2O2/c1-7-9(4-5-17-7)12(16)15-11-6-8(13)2-3-10(11)14/h2-3,6-7,9H,4-5,14H2,1H3,(H,15,16). The molecule has 1 aliphatic rings. The van der Waals surface area contributed by atoms with Gasteiger partial charge in [-0.1, -0.05) is 0 Å². The number of carbonyl (C=O) groups is 1. The number of anilines is 2. The predicted octanol–water partition coefficient (Wildman–Crippen LogP) is 1.77. The highest BCUT2D eigenvalue weighted by molar-refractivity contribution is 5.95. The van der Waals surface area contributed by atoms with E-state index in [-0.39, 0.29) is 17.9 Å². The maximum atomic E-state index is 13.0. The van der Waals surface area contributed by atoms with Crippen molar-refractivity contribution in [3.05, 3.63) is 24.0 Å². The van der Waals surface area contributed by atoms with E-state index in [1.165, 1.54) is 18.2 Å². The molecule has 0 saturated carbocycles. The molecule has 0 bridgehead atoms. The topological polar surface area (TPSA) is 64.3 Å². The molecule has 5 heteroatoms. The first-order chi connectivity index (χ1) is 8.08. The number of nitrogens with two attached hydrogens (primary N) is 1. The van der Waals surface area contributed by atoms with Crippen molar-refractivity contribution in [2.24, 2.45) is 5.92 Å². The van der Waals surface area contributed by atoms with Crippen LogP contribution in [0.5, 0.6) is 0 Å². The first-order valence-electron chi connectivity index (χ1n) is 5.55. The van der Waals surface area contributed by atoms with Gasteiger partial charge in [-0.3, -0.25) is 4.79 Å². The van der Waals surface area contributed by atoms with Crippen LogP contribution in [0.2, 0.25) is 0 Å². The third-order valence-electron chi connectivity index (χ3n) is 2.99. The highest BCUT2D eigenvalue weighted by Crippen LogP contribution is 2.24. The number of amides is 1. The molecule has 17 heavy (non-hydrogen) atoms. The molecule has 4 nitrogen and oxygen atoms in total. The number of halogens is 1. The van der Waals surface area contributed by atoms with Crippen molar-refractivity contribution >= 4 is 17.3 Å². The van der Waals surface area contributed by atoms with Crippen LogP contribution in [0.4, 0.5) is 15.8 Å². The summed E-state index contributed by atoms with van der Waals surface area (Å²) in [6.07, 6.45) is 0.576. The average Bonchev–Trinajstić information content (AvgIpc) is 2.70. The Morgan fingerprint density at radius 1 is 1.59 bits per heavy atom. The van der Waals surface area contributed by atoms with E-state index in [2.05, 4.69) is 5.32 Å². The molecule has 1 fully saturated rings. The fraction of sp³-hybridized carbons (Fsp3) is 0.417. The van der Waals surface area contributed by atoms with Gasteiger partial charge in [0.05, 0.1) is 23.4 Å². The van der Waals surface area contributed by atoms with Gasteiger partial charge in [-0.25, -0.2) is 4.39 Å². The van der Waals surface area contributed by atoms with Crippen molar-refractivity contribution in [3.8, 4) is 0 Å². The van der Waals surface area contributed by atoms with E-state index in [0.29, 0.717) is 24.4 Å². The van der Waals surface area contributed by atoms with Crippen molar-refractivity contribution in [2.45, 2.75) is 19.4 Å². The number of benzene rings is 1. The van der Waals surface area contributed by atoms with Crippen LogP contribution in [-0.2, 0) is 9.53 Å². The number of hydrogen-bond acceptors (Lipinski definition) is 3. The Morgan fingerprint density at radius 3 is 3.00 bits per heavy atom. The highest BCUT2D eigenvalue weighted by atomic mass is 19.1. The third kappa shape index (κ3) is 2.55. The number of nitrogen functional groups attached to an aromatic ring is 1. The molecule has 2 rings (SSSR count). The Bertz CT molecular complexity index is 437. The number of carbonyl (C=O) groups excluding carboxylic acids is 1. The second kappa shape index (κ2) is 4.71. The van der Waals surface area contributed by atoms with E-state index in [0.717, 1.165) is 0 Å². The first-order valence-corrected chi connectivity index (χ1v) is 5.55. The van der Waals surface area contributed by atoms with Crippen molar-refractivity contribution in [2.75, 3.05) is 17.7 Å². The van der Waals surface area contributed by atoms with Crippen LogP contribution in [0.25, 0.3) is 0 Å². The van der Waals surface area contributed by atoms with E-state index in [4.69, 9.17) is 10.5 Å². The zero-order valence-electron chi connectivity index (χ0n) is 9.57. The highest BCUT2D eigenvalue weighted by Gasteiger charge is 2.30. The van der Waals surface area contributed by atoms with Gasteiger partial charge in [-0.05, 0) is 31.5 Å². The van der Waals surface area contributed by atoms with Crippen LogP contribution in [0.15, 0.2) is 18.2 Å². The lowest BCUT2D eigenvalue weighted by Gasteiger charge is -2.15. The van der Waals surface area contributed by atoms with E-state index >= 15 is 0 Å². The van der Waals surface area contributed by atoms with E-state index < -0.39 is 5.82 Å². The van der Waals surface area contributed by atoms with Crippen LogP contribution < -0.4 is 11.1 Å². The lowest BCUT2D eigenvalue weighted by Crippen LogP contribution is -2.28. The number of ether oxygens (including phenoxy) is 1. The normalized spacial score (nSPS) is 23.6. The molecule has 2 atom stereocenters. The number of hydrogen-bond donors (Lipinski definition) is 2. The summed E-state index contributed by atoms with van der Waals surface area (Å²) in [6.45, 7) is 2.43. The molecule has 92 valence electrons. The average molecular weight is 238 g/mol. The smallest absolute Gasteiger partial charge is 0.230 e. The Balaban J connectivity index is 2.10. The maximum Gasteiger partial charge on any atom is 0.230 e. The van der Waals surface area contributed by atoms with Gasteiger partial charge in [-0.15, -0.1) is 0 Å². The van der Waals surface area contributed by atoms with Crippen molar-refractivity contribution < 1.29 is 13.9 Å². The van der Waals surface area contributed by atoms with Gasteiger partial charge in [-0.2, -0.15) is 0 Å². The summed E-state index contributed by atoms with van der Waals surface area (Å²) in [5.41, 5.74) is 6.33. The number of rotatable bonds is 2. The molecule has 0 radical (unpaired) electrons. The Hall–Kier alpha value is -1.62. The van der Waals surface area contributed by atoms with Gasteiger partial charge in [0, 0.05) is 6.61 Å². The summed E-state index contributed by atoms with van der Waals surface area (Å²) in [5, 5.41) is 2.64. The fourth-order valence-electron chi connectivity index (χ4n) is 1.94. The molecule has 0 aromatic heterocycles. The van der Waals surface area contributed by atoms with Crippen molar-refractivity contribution in [3.63, 3.8) is 0 Å². The maximum absolute atomic E-state index is 13.0. The minimum Gasteiger partial charge on any atom is -0.397 e. The Morgan fingerprint density at radius 2 is 2.35 bits per heavy atom. The van der Waals surface area contributed by atoms with Crippen LogP contribution in [0, 0.1) is 11.7 Å². The molecule has 2 unspecified atom stereocenters. The second-order valence-electron chi connectivity index (χ2n) is 4.19. The Kier molecular flexibility index (Phi) is 3.28. The van der Waals surface area contributed by atoms with Gasteiger partial charge in [0.25, 0.3) is 0 Å². The number of nitrogens with one attached hydrogen (secondary N) is 1. The second-order valence-corrected chi connectivity index (χ2v) is 4.19. The molecular formula is C12H15FN2O2. The molecule has 1 aromatic carbocycles. The SMILES string of the molecule is CC1OCCC1C(=O)Nc1cc(F)ccc1N. The lowest BCUT2D eigenvalue weighted by atomic mass is 10.0. The van der Waals surface area contributed by atoms with Gasteiger partial charge in [0.1, 0.15) is 5.82 Å². The van der Waals surface area contributed by atoms with Crippen LogP contribution in [-0.4, -0.2) is 18.6 Å². The van der Waals surface area contributed by atoms with Gasteiger partial charge < -0.3 is 15.8 Å². The fourth-order valence-corrected chi connectivity index (χ4v) is 1.94. The minimum absolute atomic E-state index is 0.107. The third-order valence-corrected chi connectivity index (χ3v) is 2.99. The molecule has 1 heterocycles. The van der Waals surface area contributed by atoms with Crippen LogP contribution in [0.1, 0.15) is 13.3 Å². The van der Waals surface area contributed by atoms with Crippen molar-refractivity contribution in [1.82, 2.24) is 0 Å². The van der Waals surface area contributed by atoms with Crippen LogP contribution >= 0.6 is 0 Å². The molecular weight excluding hydrogens is 223 g/mol. The van der Waals surface area contributed by atoms with Crippen molar-refractivity contribution in [1.29, 1.82) is 0 Å². The van der Waals surface area contributed by atoms with Gasteiger partial charge in [0.2, 0.25) is 5.91 Å². The molecule has 0 aliphatic carbocycles. The summed E-state index contributed by atoms with van der Waals surface area (Å²) >= 11 is 0. The summed E-state index contributed by atoms with van der Waals surface area (Å²) in [7, 11) is 0. The first kappa shape index (κ1) is 11.9. The molecule has 3 N–H and O–H groups in total. The molecule has 1 aliphatic heterocycles. The summed E-state index contributed by atoms with van der Waals surface area (Å²) in [6, 6.07) is 3.90. The van der Waals surface area contributed by atoms with Gasteiger partial charge in [0.15, 0.2) is 0 Å².